The first-order chi connectivity index (χ1) is 11.5. The van der Waals surface area contributed by atoms with Crippen LogP contribution in [0.3, 0.4) is 0 Å². The van der Waals surface area contributed by atoms with Crippen LogP contribution in [0.1, 0.15) is 18.2 Å². The van der Waals surface area contributed by atoms with Crippen LogP contribution in [0.5, 0.6) is 0 Å². The highest BCUT2D eigenvalue weighted by Gasteiger charge is 2.11. The summed E-state index contributed by atoms with van der Waals surface area (Å²) < 4.78 is 6.10. The van der Waals surface area contributed by atoms with Gasteiger partial charge in [-0.05, 0) is 24.1 Å². The number of aryl methyl sites for hydroxylation is 1. The molecule has 7 nitrogen and oxygen atoms in total. The van der Waals surface area contributed by atoms with Crippen molar-refractivity contribution in [1.82, 2.24) is 4.57 Å². The van der Waals surface area contributed by atoms with Crippen LogP contribution < -0.4 is 16.0 Å². The summed E-state index contributed by atoms with van der Waals surface area (Å²) in [5.41, 5.74) is 0.678. The monoisotopic (exact) mass is 329 g/mol. The Kier molecular flexibility index (Phi) is 5.73. The lowest BCUT2D eigenvalue weighted by Crippen LogP contribution is -2.35. The van der Waals surface area contributed by atoms with Gasteiger partial charge < -0.3 is 19.2 Å². The molecule has 0 aliphatic heterocycles. The van der Waals surface area contributed by atoms with Crippen LogP contribution >= 0.6 is 0 Å². The maximum atomic E-state index is 12.3. The van der Waals surface area contributed by atoms with Gasteiger partial charge in [0.25, 0.3) is 5.56 Å². The summed E-state index contributed by atoms with van der Waals surface area (Å²) in [6.45, 7) is 1.28. The molecule has 0 atom stereocenters. The second-order valence-corrected chi connectivity index (χ2v) is 5.04. The molecule has 0 radical (unpaired) electrons. The Morgan fingerprint density at radius 2 is 1.88 bits per heavy atom. The second kappa shape index (κ2) is 7.96. The number of ether oxygens (including phenoxy) is 1. The molecule has 0 saturated heterocycles. The molecule has 2 aromatic rings. The van der Waals surface area contributed by atoms with Crippen molar-refractivity contribution >= 4 is 17.7 Å². The van der Waals surface area contributed by atoms with Crippen molar-refractivity contribution in [3.63, 3.8) is 0 Å². The SMILES string of the molecule is CCc1ccc(NC(=O)OCc2ccccc2)c(=O)n1CC(=O)[O-]. The van der Waals surface area contributed by atoms with Crippen LogP contribution in [0.15, 0.2) is 47.3 Å². The van der Waals surface area contributed by atoms with Crippen LogP contribution in [-0.2, 0) is 29.1 Å². The predicted molar refractivity (Wildman–Crippen MR) is 85.3 cm³/mol. The molecule has 0 spiro atoms. The van der Waals surface area contributed by atoms with E-state index in [2.05, 4.69) is 5.32 Å². The number of rotatable bonds is 6. The number of nitrogens with one attached hydrogen (secondary N) is 1. The fraction of sp³-hybridized carbons (Fsp3) is 0.235. The number of carbonyl (C=O) groups is 2. The number of hydrogen-bond donors (Lipinski definition) is 1. The quantitative estimate of drug-likeness (QED) is 0.849. The molecule has 7 heteroatoms. The summed E-state index contributed by atoms with van der Waals surface area (Å²) in [7, 11) is 0. The van der Waals surface area contributed by atoms with E-state index in [0.29, 0.717) is 12.1 Å². The number of carbonyl (C=O) groups excluding carboxylic acids is 2. The molecule has 0 aliphatic carbocycles. The van der Waals surface area contributed by atoms with Gasteiger partial charge in [-0.2, -0.15) is 0 Å². The molecular weight excluding hydrogens is 312 g/mol. The van der Waals surface area contributed by atoms with Gasteiger partial charge in [-0.3, -0.25) is 10.1 Å². The smallest absolute Gasteiger partial charge is 0.412 e. The van der Waals surface area contributed by atoms with Gasteiger partial charge in [0.2, 0.25) is 0 Å². The van der Waals surface area contributed by atoms with Gasteiger partial charge in [-0.15, -0.1) is 0 Å². The van der Waals surface area contributed by atoms with Gasteiger partial charge in [0.05, 0.1) is 12.5 Å². The molecule has 1 aromatic carbocycles. The van der Waals surface area contributed by atoms with Crippen LogP contribution in [0, 0.1) is 0 Å². The number of aliphatic carboxylic acids is 1. The van der Waals surface area contributed by atoms with E-state index in [9.17, 15) is 19.5 Å². The molecule has 1 heterocycles. The normalized spacial score (nSPS) is 10.2. The minimum Gasteiger partial charge on any atom is -0.548 e. The molecule has 0 bridgehead atoms. The number of pyridine rings is 1. The highest BCUT2D eigenvalue weighted by Crippen LogP contribution is 2.07. The topological polar surface area (TPSA) is 100 Å². The van der Waals surface area contributed by atoms with Crippen molar-refractivity contribution in [1.29, 1.82) is 0 Å². The zero-order valence-electron chi connectivity index (χ0n) is 13.2. The Morgan fingerprint density at radius 3 is 2.50 bits per heavy atom. The lowest BCUT2D eigenvalue weighted by atomic mass is 10.2. The highest BCUT2D eigenvalue weighted by molar-refractivity contribution is 5.84. The molecule has 0 saturated carbocycles. The zero-order valence-corrected chi connectivity index (χ0v) is 13.2. The summed E-state index contributed by atoms with van der Waals surface area (Å²) >= 11 is 0. The van der Waals surface area contributed by atoms with E-state index in [4.69, 9.17) is 4.74 Å². The average Bonchev–Trinajstić information content (AvgIpc) is 2.57. The minimum atomic E-state index is -1.38. The van der Waals surface area contributed by atoms with E-state index < -0.39 is 24.2 Å². The standard InChI is InChI=1S/C17H18N2O5/c1-2-13-8-9-14(16(22)19(13)10-15(20)21)18-17(23)24-11-12-6-4-3-5-7-12/h3-9H,2,10-11H2,1H3,(H,18,23)(H,20,21)/p-1. The Hall–Kier alpha value is -3.09. The third kappa shape index (κ3) is 4.45. The molecule has 0 unspecified atom stereocenters. The molecular formula is C17H17N2O5-. The van der Waals surface area contributed by atoms with Gasteiger partial charge in [-0.25, -0.2) is 4.79 Å². The van der Waals surface area contributed by atoms with Gasteiger partial charge in [0.1, 0.15) is 12.3 Å². The van der Waals surface area contributed by atoms with Gasteiger partial charge in [0.15, 0.2) is 0 Å². The Labute approximate surface area is 138 Å². The Balaban J connectivity index is 2.10. The van der Waals surface area contributed by atoms with E-state index >= 15 is 0 Å². The van der Waals surface area contributed by atoms with Gasteiger partial charge in [0, 0.05) is 5.69 Å². The maximum absolute atomic E-state index is 12.3. The molecule has 126 valence electrons. The largest absolute Gasteiger partial charge is 0.548 e. The number of hydrogen-bond acceptors (Lipinski definition) is 5. The first-order valence-electron chi connectivity index (χ1n) is 7.41. The summed E-state index contributed by atoms with van der Waals surface area (Å²) in [6.07, 6.45) is -0.318. The fourth-order valence-corrected chi connectivity index (χ4v) is 2.19. The van der Waals surface area contributed by atoms with E-state index in [0.717, 1.165) is 10.1 Å². The molecule has 0 aliphatic rings. The van der Waals surface area contributed by atoms with Crippen molar-refractivity contribution in [3.05, 3.63) is 64.1 Å². The van der Waals surface area contributed by atoms with Crippen molar-refractivity contribution in [2.75, 3.05) is 5.32 Å². The predicted octanol–water partition coefficient (Wildman–Crippen LogP) is 0.909. The minimum absolute atomic E-state index is 0.0495. The van der Waals surface area contributed by atoms with E-state index in [1.54, 1.807) is 25.1 Å². The third-order valence-electron chi connectivity index (χ3n) is 3.36. The van der Waals surface area contributed by atoms with E-state index in [1.165, 1.54) is 6.07 Å². The van der Waals surface area contributed by atoms with Crippen LogP contribution in [0.2, 0.25) is 0 Å². The van der Waals surface area contributed by atoms with Crippen LogP contribution in [0.4, 0.5) is 10.5 Å². The Morgan fingerprint density at radius 1 is 1.17 bits per heavy atom. The van der Waals surface area contributed by atoms with E-state index in [1.807, 2.05) is 18.2 Å². The molecule has 1 aromatic heterocycles. The molecule has 1 N–H and O–H groups in total. The highest BCUT2D eigenvalue weighted by atomic mass is 16.5. The fourth-order valence-electron chi connectivity index (χ4n) is 2.19. The summed E-state index contributed by atoms with van der Waals surface area (Å²) in [5, 5.41) is 13.1. The second-order valence-electron chi connectivity index (χ2n) is 5.04. The van der Waals surface area contributed by atoms with Crippen molar-refractivity contribution in [2.24, 2.45) is 0 Å². The lowest BCUT2D eigenvalue weighted by Gasteiger charge is -2.14. The first-order valence-corrected chi connectivity index (χ1v) is 7.41. The van der Waals surface area contributed by atoms with Crippen molar-refractivity contribution in [2.45, 2.75) is 26.5 Å². The molecule has 2 rings (SSSR count). The first kappa shape index (κ1) is 17.3. The van der Waals surface area contributed by atoms with Crippen molar-refractivity contribution < 1.29 is 19.4 Å². The summed E-state index contributed by atoms with van der Waals surface area (Å²) in [6, 6.07) is 12.1. The Bertz CT molecular complexity index is 783. The maximum Gasteiger partial charge on any atom is 0.412 e. The molecule has 1 amide bonds. The third-order valence-corrected chi connectivity index (χ3v) is 3.36. The molecule has 24 heavy (non-hydrogen) atoms. The van der Waals surface area contributed by atoms with E-state index in [-0.39, 0.29) is 12.3 Å². The average molecular weight is 329 g/mol. The lowest BCUT2D eigenvalue weighted by molar-refractivity contribution is -0.306. The molecule has 0 fully saturated rings. The van der Waals surface area contributed by atoms with Crippen LogP contribution in [-0.4, -0.2) is 16.6 Å². The number of aromatic nitrogens is 1. The van der Waals surface area contributed by atoms with Gasteiger partial charge in [-0.1, -0.05) is 37.3 Å². The van der Waals surface area contributed by atoms with Crippen LogP contribution in [0.25, 0.3) is 0 Å². The zero-order chi connectivity index (χ0) is 17.5. The number of anilines is 1. The van der Waals surface area contributed by atoms with Crippen molar-refractivity contribution in [3.8, 4) is 0 Å². The number of nitrogens with zero attached hydrogens (tertiary/aromatic N) is 1. The number of carboxylic acid groups (broad SMARTS) is 1. The van der Waals surface area contributed by atoms with Gasteiger partial charge >= 0.3 is 6.09 Å². The summed E-state index contributed by atoms with van der Waals surface area (Å²) in [5.74, 6) is -1.38. The number of benzene rings is 1. The number of carboxylic acids is 1. The summed E-state index contributed by atoms with van der Waals surface area (Å²) in [4.78, 5) is 34.9. The number of amides is 1.